The summed E-state index contributed by atoms with van der Waals surface area (Å²) in [6.07, 6.45) is 0.936. The number of nitrogens with zero attached hydrogens (tertiary/aromatic N) is 1. The molecular formula is C14H23N3O2. The van der Waals surface area contributed by atoms with Gasteiger partial charge in [-0.15, -0.1) is 0 Å². The Morgan fingerprint density at radius 2 is 2.16 bits per heavy atom. The van der Waals surface area contributed by atoms with Crippen molar-refractivity contribution in [3.05, 3.63) is 23.8 Å². The number of anilines is 2. The Hall–Kier alpha value is -1.75. The average molecular weight is 265 g/mol. The van der Waals surface area contributed by atoms with E-state index in [0.717, 1.165) is 12.1 Å². The SMILES string of the molecule is CCC(COC)Nc1ccc(C(=O)N(C)C)cc1N. The molecule has 0 aliphatic heterocycles. The van der Waals surface area contributed by atoms with Crippen molar-refractivity contribution in [2.24, 2.45) is 0 Å². The molecule has 1 aromatic rings. The molecule has 0 fully saturated rings. The maximum absolute atomic E-state index is 11.8. The number of carbonyl (C=O) groups excluding carboxylic acids is 1. The summed E-state index contributed by atoms with van der Waals surface area (Å²) in [6, 6.07) is 5.53. The summed E-state index contributed by atoms with van der Waals surface area (Å²) in [5, 5.41) is 3.32. The molecule has 1 amide bonds. The highest BCUT2D eigenvalue weighted by atomic mass is 16.5. The number of hydrogen-bond acceptors (Lipinski definition) is 4. The minimum atomic E-state index is -0.0535. The van der Waals surface area contributed by atoms with E-state index in [1.165, 1.54) is 4.90 Å². The molecule has 106 valence electrons. The minimum Gasteiger partial charge on any atom is -0.397 e. The molecule has 3 N–H and O–H groups in total. The zero-order valence-corrected chi connectivity index (χ0v) is 12.1. The van der Waals surface area contributed by atoms with Crippen molar-refractivity contribution in [3.8, 4) is 0 Å². The van der Waals surface area contributed by atoms with E-state index in [1.54, 1.807) is 33.3 Å². The van der Waals surface area contributed by atoms with Crippen LogP contribution in [0.25, 0.3) is 0 Å². The van der Waals surface area contributed by atoms with Gasteiger partial charge in [0.25, 0.3) is 5.91 Å². The topological polar surface area (TPSA) is 67.6 Å². The molecule has 1 atom stereocenters. The number of amides is 1. The van der Waals surface area contributed by atoms with Crippen molar-refractivity contribution in [2.45, 2.75) is 19.4 Å². The molecular weight excluding hydrogens is 242 g/mol. The van der Waals surface area contributed by atoms with E-state index >= 15 is 0 Å². The van der Waals surface area contributed by atoms with E-state index in [-0.39, 0.29) is 11.9 Å². The lowest BCUT2D eigenvalue weighted by atomic mass is 10.1. The van der Waals surface area contributed by atoms with Crippen LogP contribution in [0.1, 0.15) is 23.7 Å². The summed E-state index contributed by atoms with van der Waals surface area (Å²) < 4.78 is 5.14. The van der Waals surface area contributed by atoms with Gasteiger partial charge in [-0.05, 0) is 24.6 Å². The van der Waals surface area contributed by atoms with Gasteiger partial charge in [0, 0.05) is 32.8 Å². The lowest BCUT2D eigenvalue weighted by Crippen LogP contribution is -2.25. The maximum atomic E-state index is 11.8. The van der Waals surface area contributed by atoms with Gasteiger partial charge in [0.2, 0.25) is 0 Å². The Balaban J connectivity index is 2.85. The number of rotatable bonds is 6. The van der Waals surface area contributed by atoms with Crippen LogP contribution in [-0.4, -0.2) is 44.7 Å². The van der Waals surface area contributed by atoms with E-state index in [1.807, 2.05) is 6.07 Å². The van der Waals surface area contributed by atoms with Crippen molar-refractivity contribution < 1.29 is 9.53 Å². The number of methoxy groups -OCH3 is 1. The molecule has 19 heavy (non-hydrogen) atoms. The molecule has 0 aliphatic carbocycles. The molecule has 0 saturated carbocycles. The summed E-state index contributed by atoms with van der Waals surface area (Å²) in [5.41, 5.74) is 7.98. The predicted molar refractivity (Wildman–Crippen MR) is 78.4 cm³/mol. The van der Waals surface area contributed by atoms with Gasteiger partial charge in [-0.25, -0.2) is 0 Å². The molecule has 1 aromatic carbocycles. The second-order valence-corrected chi connectivity index (χ2v) is 4.71. The Labute approximate surface area is 114 Å². The third-order valence-electron chi connectivity index (χ3n) is 2.92. The van der Waals surface area contributed by atoms with Crippen LogP contribution in [0.15, 0.2) is 18.2 Å². The van der Waals surface area contributed by atoms with Gasteiger partial charge in [-0.2, -0.15) is 0 Å². The second-order valence-electron chi connectivity index (χ2n) is 4.71. The lowest BCUT2D eigenvalue weighted by Gasteiger charge is -2.19. The third kappa shape index (κ3) is 4.13. The second kappa shape index (κ2) is 6.99. The molecule has 5 heteroatoms. The van der Waals surface area contributed by atoms with Crippen LogP contribution in [0.4, 0.5) is 11.4 Å². The van der Waals surface area contributed by atoms with Crippen molar-refractivity contribution >= 4 is 17.3 Å². The Bertz CT molecular complexity index is 433. The smallest absolute Gasteiger partial charge is 0.253 e. The minimum absolute atomic E-state index is 0.0535. The fourth-order valence-corrected chi connectivity index (χ4v) is 1.77. The monoisotopic (exact) mass is 265 g/mol. The fourth-order valence-electron chi connectivity index (χ4n) is 1.77. The normalized spacial score (nSPS) is 12.0. The largest absolute Gasteiger partial charge is 0.397 e. The summed E-state index contributed by atoms with van der Waals surface area (Å²) in [5.74, 6) is -0.0535. The van der Waals surface area contributed by atoms with Crippen molar-refractivity contribution in [3.63, 3.8) is 0 Å². The summed E-state index contributed by atoms with van der Waals surface area (Å²) in [4.78, 5) is 13.3. The first-order valence-electron chi connectivity index (χ1n) is 6.36. The Kier molecular flexibility index (Phi) is 5.63. The van der Waals surface area contributed by atoms with E-state index in [4.69, 9.17) is 10.5 Å². The number of benzene rings is 1. The third-order valence-corrected chi connectivity index (χ3v) is 2.92. The quantitative estimate of drug-likeness (QED) is 0.770. The molecule has 0 bridgehead atoms. The molecule has 5 nitrogen and oxygen atoms in total. The first-order valence-corrected chi connectivity index (χ1v) is 6.36. The highest BCUT2D eigenvalue weighted by Crippen LogP contribution is 2.22. The van der Waals surface area contributed by atoms with Crippen LogP contribution < -0.4 is 11.1 Å². The van der Waals surface area contributed by atoms with Gasteiger partial charge in [0.1, 0.15) is 0 Å². The van der Waals surface area contributed by atoms with Crippen LogP contribution >= 0.6 is 0 Å². The van der Waals surface area contributed by atoms with Crippen molar-refractivity contribution in [1.82, 2.24) is 4.90 Å². The molecule has 0 saturated heterocycles. The molecule has 0 heterocycles. The van der Waals surface area contributed by atoms with Crippen LogP contribution in [0.3, 0.4) is 0 Å². The van der Waals surface area contributed by atoms with Crippen LogP contribution in [-0.2, 0) is 4.74 Å². The molecule has 0 aliphatic rings. The van der Waals surface area contributed by atoms with Gasteiger partial charge in [-0.1, -0.05) is 6.92 Å². The molecule has 1 rings (SSSR count). The first-order chi connectivity index (χ1) is 8.99. The van der Waals surface area contributed by atoms with Gasteiger partial charge < -0.3 is 20.7 Å². The zero-order valence-electron chi connectivity index (χ0n) is 12.1. The average Bonchev–Trinajstić information content (AvgIpc) is 2.39. The van der Waals surface area contributed by atoms with Crippen LogP contribution in [0.5, 0.6) is 0 Å². The zero-order chi connectivity index (χ0) is 14.4. The standard InChI is InChI=1S/C14H23N3O2/c1-5-11(9-19-4)16-13-7-6-10(8-12(13)15)14(18)17(2)3/h6-8,11,16H,5,9,15H2,1-4H3. The highest BCUT2D eigenvalue weighted by Gasteiger charge is 2.12. The number of nitrogens with two attached hydrogens (primary N) is 1. The highest BCUT2D eigenvalue weighted by molar-refractivity contribution is 5.95. The molecule has 0 aromatic heterocycles. The maximum Gasteiger partial charge on any atom is 0.253 e. The lowest BCUT2D eigenvalue weighted by molar-refractivity contribution is 0.0827. The molecule has 0 radical (unpaired) electrons. The number of ether oxygens (including phenoxy) is 1. The predicted octanol–water partition coefficient (Wildman–Crippen LogP) is 1.81. The number of nitrogens with one attached hydrogen (secondary N) is 1. The summed E-state index contributed by atoms with van der Waals surface area (Å²) >= 11 is 0. The number of carbonyl (C=O) groups is 1. The van der Waals surface area contributed by atoms with Crippen molar-refractivity contribution in [2.75, 3.05) is 38.9 Å². The van der Waals surface area contributed by atoms with Crippen LogP contribution in [0, 0.1) is 0 Å². The van der Waals surface area contributed by atoms with Gasteiger partial charge in [0.05, 0.1) is 18.0 Å². The number of nitrogen functional groups attached to an aromatic ring is 1. The van der Waals surface area contributed by atoms with Gasteiger partial charge in [-0.3, -0.25) is 4.79 Å². The first kappa shape index (κ1) is 15.3. The fraction of sp³-hybridized carbons (Fsp3) is 0.500. The Morgan fingerprint density at radius 1 is 1.47 bits per heavy atom. The number of hydrogen-bond donors (Lipinski definition) is 2. The van der Waals surface area contributed by atoms with E-state index in [0.29, 0.717) is 17.9 Å². The van der Waals surface area contributed by atoms with Gasteiger partial charge >= 0.3 is 0 Å². The van der Waals surface area contributed by atoms with E-state index in [9.17, 15) is 4.79 Å². The van der Waals surface area contributed by atoms with Crippen molar-refractivity contribution in [1.29, 1.82) is 0 Å². The van der Waals surface area contributed by atoms with Gasteiger partial charge in [0.15, 0.2) is 0 Å². The molecule has 1 unspecified atom stereocenters. The molecule has 0 spiro atoms. The summed E-state index contributed by atoms with van der Waals surface area (Å²) in [6.45, 7) is 2.70. The van der Waals surface area contributed by atoms with Crippen LogP contribution in [0.2, 0.25) is 0 Å². The van der Waals surface area contributed by atoms with E-state index in [2.05, 4.69) is 12.2 Å². The Morgan fingerprint density at radius 3 is 2.63 bits per heavy atom. The van der Waals surface area contributed by atoms with E-state index < -0.39 is 0 Å². The summed E-state index contributed by atoms with van der Waals surface area (Å²) in [7, 11) is 5.11.